The molecule has 0 radical (unpaired) electrons. The summed E-state index contributed by atoms with van der Waals surface area (Å²) in [6.45, 7) is 1.86. The summed E-state index contributed by atoms with van der Waals surface area (Å²) >= 11 is 0. The van der Waals surface area contributed by atoms with Crippen molar-refractivity contribution in [2.24, 2.45) is 0 Å². The monoisotopic (exact) mass is 331 g/mol. The maximum Gasteiger partial charge on any atom is 0.251 e. The highest BCUT2D eigenvalue weighted by molar-refractivity contribution is 5.95. The number of nitrogens with one attached hydrogen (secondary N) is 1. The van der Waals surface area contributed by atoms with Gasteiger partial charge in [0.2, 0.25) is 11.8 Å². The Morgan fingerprint density at radius 1 is 1.38 bits per heavy atom. The van der Waals surface area contributed by atoms with E-state index in [1.807, 2.05) is 4.90 Å². The summed E-state index contributed by atoms with van der Waals surface area (Å²) < 4.78 is 11.0. The van der Waals surface area contributed by atoms with E-state index in [0.717, 1.165) is 19.3 Å². The van der Waals surface area contributed by atoms with Crippen LogP contribution < -0.4 is 10.1 Å². The number of pyridine rings is 1. The van der Waals surface area contributed by atoms with E-state index in [0.29, 0.717) is 43.7 Å². The molecule has 24 heavy (non-hydrogen) atoms. The molecule has 128 valence electrons. The number of likely N-dealkylation sites (tertiary alicyclic amines) is 1. The van der Waals surface area contributed by atoms with Crippen LogP contribution in [-0.4, -0.2) is 59.6 Å². The predicted molar refractivity (Wildman–Crippen MR) is 84.7 cm³/mol. The Kier molecular flexibility index (Phi) is 4.10. The molecular formula is C17H21N3O4. The van der Waals surface area contributed by atoms with Crippen molar-refractivity contribution in [3.63, 3.8) is 0 Å². The molecule has 1 N–H and O–H groups in total. The van der Waals surface area contributed by atoms with Gasteiger partial charge in [0.05, 0.1) is 19.3 Å². The molecule has 0 aromatic carbocycles. The number of carbonyl (C=O) groups is 2. The third-order valence-electron chi connectivity index (χ3n) is 4.65. The van der Waals surface area contributed by atoms with E-state index < -0.39 is 0 Å². The Morgan fingerprint density at radius 2 is 2.25 bits per heavy atom. The van der Waals surface area contributed by atoms with Crippen LogP contribution in [0, 0.1) is 0 Å². The molecule has 3 fully saturated rings. The van der Waals surface area contributed by atoms with E-state index in [4.69, 9.17) is 9.47 Å². The molecule has 2 saturated heterocycles. The minimum absolute atomic E-state index is 0.00429. The Morgan fingerprint density at radius 3 is 3.00 bits per heavy atom. The van der Waals surface area contributed by atoms with Crippen LogP contribution in [0.2, 0.25) is 0 Å². The molecule has 2 atom stereocenters. The predicted octanol–water partition coefficient (Wildman–Crippen LogP) is 0.742. The molecule has 1 aliphatic carbocycles. The largest absolute Gasteiger partial charge is 0.472 e. The van der Waals surface area contributed by atoms with Crippen LogP contribution in [0.1, 0.15) is 36.0 Å². The quantitative estimate of drug-likeness (QED) is 0.861. The average Bonchev–Trinajstić information content (AvgIpc) is 3.17. The summed E-state index contributed by atoms with van der Waals surface area (Å²) in [6.07, 6.45) is 4.95. The van der Waals surface area contributed by atoms with Gasteiger partial charge in [-0.15, -0.1) is 0 Å². The first kappa shape index (κ1) is 15.4. The molecule has 7 heteroatoms. The minimum atomic E-state index is -0.194. The zero-order valence-corrected chi connectivity index (χ0v) is 13.4. The number of aromatic nitrogens is 1. The third-order valence-corrected chi connectivity index (χ3v) is 4.65. The second-order valence-corrected chi connectivity index (χ2v) is 6.64. The van der Waals surface area contributed by atoms with Crippen LogP contribution in [-0.2, 0) is 9.53 Å². The Hall–Kier alpha value is -2.15. The maximum atomic E-state index is 12.4. The molecule has 4 rings (SSSR count). The molecular weight excluding hydrogens is 310 g/mol. The van der Waals surface area contributed by atoms with E-state index >= 15 is 0 Å². The number of hydrogen-bond acceptors (Lipinski definition) is 5. The molecule has 3 heterocycles. The first-order chi connectivity index (χ1) is 11.7. The van der Waals surface area contributed by atoms with Gasteiger partial charge in [-0.3, -0.25) is 9.59 Å². The molecule has 1 aromatic rings. The Balaban J connectivity index is 1.36. The maximum absolute atomic E-state index is 12.4. The summed E-state index contributed by atoms with van der Waals surface area (Å²) in [4.78, 5) is 30.5. The molecule has 0 spiro atoms. The van der Waals surface area contributed by atoms with Crippen molar-refractivity contribution in [3.8, 4) is 5.88 Å². The Bertz CT molecular complexity index is 640. The topological polar surface area (TPSA) is 80.8 Å². The zero-order chi connectivity index (χ0) is 16.5. The normalized spacial score (nSPS) is 26.7. The van der Waals surface area contributed by atoms with Gasteiger partial charge in [-0.05, 0) is 18.9 Å². The number of nitrogens with zero attached hydrogens (tertiary/aromatic N) is 2. The summed E-state index contributed by atoms with van der Waals surface area (Å²) in [5, 5.41) is 2.95. The van der Waals surface area contributed by atoms with E-state index in [-0.39, 0.29) is 24.0 Å². The molecule has 0 bridgehead atoms. The summed E-state index contributed by atoms with van der Waals surface area (Å²) in [7, 11) is 0. The van der Waals surface area contributed by atoms with Crippen LogP contribution in [0.15, 0.2) is 18.3 Å². The molecule has 2 aliphatic heterocycles. The smallest absolute Gasteiger partial charge is 0.251 e. The van der Waals surface area contributed by atoms with Crippen molar-refractivity contribution < 1.29 is 19.1 Å². The molecule has 3 aliphatic rings. The molecule has 7 nitrogen and oxygen atoms in total. The number of ether oxygens (including phenoxy) is 2. The lowest BCUT2D eigenvalue weighted by Gasteiger charge is -2.16. The van der Waals surface area contributed by atoms with Gasteiger partial charge in [0.1, 0.15) is 6.10 Å². The third kappa shape index (κ3) is 3.36. The van der Waals surface area contributed by atoms with Gasteiger partial charge in [-0.25, -0.2) is 4.98 Å². The van der Waals surface area contributed by atoms with E-state index in [9.17, 15) is 9.59 Å². The van der Waals surface area contributed by atoms with Crippen molar-refractivity contribution in [1.29, 1.82) is 0 Å². The van der Waals surface area contributed by atoms with Gasteiger partial charge in [0.15, 0.2) is 0 Å². The van der Waals surface area contributed by atoms with Gasteiger partial charge in [0.25, 0.3) is 5.91 Å². The fraction of sp³-hybridized carbons (Fsp3) is 0.588. The van der Waals surface area contributed by atoms with E-state index in [1.165, 1.54) is 0 Å². The van der Waals surface area contributed by atoms with Gasteiger partial charge in [-0.2, -0.15) is 0 Å². The highest BCUT2D eigenvalue weighted by atomic mass is 16.5. The molecule has 1 saturated carbocycles. The van der Waals surface area contributed by atoms with E-state index in [2.05, 4.69) is 10.3 Å². The van der Waals surface area contributed by atoms with E-state index in [1.54, 1.807) is 18.3 Å². The Labute approximate surface area is 140 Å². The highest BCUT2D eigenvalue weighted by Crippen LogP contribution is 2.30. The lowest BCUT2D eigenvalue weighted by Crippen LogP contribution is -2.37. The first-order valence-corrected chi connectivity index (χ1v) is 8.50. The summed E-state index contributed by atoms with van der Waals surface area (Å²) in [5.74, 6) is 0.378. The lowest BCUT2D eigenvalue weighted by atomic mass is 10.2. The minimum Gasteiger partial charge on any atom is -0.472 e. The fourth-order valence-corrected chi connectivity index (χ4v) is 3.23. The number of carbonyl (C=O) groups excluding carboxylic acids is 2. The molecule has 1 aromatic heterocycles. The van der Waals surface area contributed by atoms with Crippen LogP contribution in [0.25, 0.3) is 0 Å². The highest BCUT2D eigenvalue weighted by Gasteiger charge is 2.39. The van der Waals surface area contributed by atoms with Gasteiger partial charge < -0.3 is 19.7 Å². The zero-order valence-electron chi connectivity index (χ0n) is 13.4. The average molecular weight is 331 g/mol. The van der Waals surface area contributed by atoms with Crippen molar-refractivity contribution in [1.82, 2.24) is 15.2 Å². The van der Waals surface area contributed by atoms with Crippen LogP contribution >= 0.6 is 0 Å². The van der Waals surface area contributed by atoms with Crippen molar-refractivity contribution >= 4 is 11.8 Å². The molecule has 2 amide bonds. The second-order valence-electron chi connectivity index (χ2n) is 6.64. The van der Waals surface area contributed by atoms with Crippen LogP contribution in [0.4, 0.5) is 0 Å². The van der Waals surface area contributed by atoms with Crippen molar-refractivity contribution in [2.45, 2.75) is 43.9 Å². The molecule has 2 unspecified atom stereocenters. The summed E-state index contributed by atoms with van der Waals surface area (Å²) in [5.41, 5.74) is 0.497. The van der Waals surface area contributed by atoms with Crippen molar-refractivity contribution in [2.75, 3.05) is 19.8 Å². The van der Waals surface area contributed by atoms with Gasteiger partial charge in [0, 0.05) is 43.3 Å². The number of hydrogen-bond donors (Lipinski definition) is 1. The number of rotatable bonds is 5. The van der Waals surface area contributed by atoms with Gasteiger partial charge >= 0.3 is 0 Å². The number of amides is 2. The lowest BCUT2D eigenvalue weighted by molar-refractivity contribution is -0.128. The van der Waals surface area contributed by atoms with Crippen molar-refractivity contribution in [3.05, 3.63) is 23.9 Å². The summed E-state index contributed by atoms with van der Waals surface area (Å²) in [6, 6.07) is 3.58. The first-order valence-electron chi connectivity index (χ1n) is 8.50. The van der Waals surface area contributed by atoms with Crippen LogP contribution in [0.3, 0.4) is 0 Å². The van der Waals surface area contributed by atoms with Gasteiger partial charge in [-0.1, -0.05) is 0 Å². The fourth-order valence-electron chi connectivity index (χ4n) is 3.23. The standard InChI is InChI=1S/C17H21N3O4/c21-16-8-12(9-20(16)13-1-2-13)19-17(22)11-3-5-18-15(7-11)24-14-4-6-23-10-14/h3,5,7,12-14H,1-2,4,6,8-10H2,(H,19,22). The second kappa shape index (κ2) is 6.39. The SMILES string of the molecule is O=C(NC1CC(=O)N(C2CC2)C1)c1ccnc(OC2CCOC2)c1. The van der Waals surface area contributed by atoms with Crippen LogP contribution in [0.5, 0.6) is 5.88 Å².